The third-order valence-corrected chi connectivity index (χ3v) is 6.39. The number of piperidine rings is 1. The van der Waals surface area contributed by atoms with Crippen LogP contribution in [-0.2, 0) is 16.2 Å². The number of hydroxylamine groups is 1. The maximum Gasteiger partial charge on any atom is 0.493 e. The fourth-order valence-corrected chi connectivity index (χ4v) is 4.39. The highest BCUT2D eigenvalue weighted by molar-refractivity contribution is 5.97. The predicted molar refractivity (Wildman–Crippen MR) is 134 cm³/mol. The molecule has 0 saturated carbocycles. The van der Waals surface area contributed by atoms with Gasteiger partial charge in [-0.05, 0) is 73.0 Å². The van der Waals surface area contributed by atoms with Gasteiger partial charge in [0.05, 0.1) is 0 Å². The minimum atomic E-state index is -5.22. The molecule has 1 N–H and O–H groups in total. The average Bonchev–Trinajstić information content (AvgIpc) is 3.36. The van der Waals surface area contributed by atoms with Gasteiger partial charge in [0.25, 0.3) is 5.91 Å². The first-order valence-electron chi connectivity index (χ1n) is 12.2. The molecule has 0 unspecified atom stereocenters. The van der Waals surface area contributed by atoms with Crippen LogP contribution in [-0.4, -0.2) is 41.0 Å². The van der Waals surface area contributed by atoms with Gasteiger partial charge >= 0.3 is 12.1 Å². The van der Waals surface area contributed by atoms with E-state index in [2.05, 4.69) is 39.0 Å². The summed E-state index contributed by atoms with van der Waals surface area (Å²) in [4.78, 5) is 33.5. The molecule has 0 atom stereocenters. The Morgan fingerprint density at radius 2 is 1.53 bits per heavy atom. The number of nitrogens with zero attached hydrogens (tertiary/aromatic N) is 2. The number of carbonyl (C=O) groups is 2. The molecular formula is C28H24F3N3O4. The number of rotatable bonds is 5. The first kappa shape index (κ1) is 25.5. The summed E-state index contributed by atoms with van der Waals surface area (Å²) in [6.45, 7) is 3.29. The summed E-state index contributed by atoms with van der Waals surface area (Å²) in [5.41, 5.74) is 6.30. The maximum atomic E-state index is 12.2. The number of likely N-dealkylation sites (tertiary alicyclic amines) is 1. The van der Waals surface area contributed by atoms with E-state index in [0.717, 1.165) is 36.3 Å². The monoisotopic (exact) mass is 523 g/mol. The van der Waals surface area contributed by atoms with Crippen molar-refractivity contribution in [3.05, 3.63) is 77.9 Å². The lowest BCUT2D eigenvalue weighted by Gasteiger charge is -2.26. The molecule has 2 heterocycles. The third-order valence-electron chi connectivity index (χ3n) is 6.39. The van der Waals surface area contributed by atoms with Gasteiger partial charge < -0.3 is 9.25 Å². The minimum Gasteiger partial charge on any atom is -0.436 e. The molecular weight excluding hydrogens is 499 g/mol. The fraction of sp³-hybridized carbons (Fsp3) is 0.250. The molecule has 196 valence electrons. The second kappa shape index (κ2) is 10.7. The molecule has 1 aliphatic heterocycles. The average molecular weight is 524 g/mol. The van der Waals surface area contributed by atoms with E-state index in [1.807, 2.05) is 24.3 Å². The van der Waals surface area contributed by atoms with Crippen molar-refractivity contribution in [3.8, 4) is 22.6 Å². The molecule has 7 nitrogen and oxygen atoms in total. The Bertz CT molecular complexity index is 1440. The summed E-state index contributed by atoms with van der Waals surface area (Å²) >= 11 is 0. The van der Waals surface area contributed by atoms with E-state index in [1.165, 1.54) is 48.5 Å². The van der Waals surface area contributed by atoms with E-state index in [0.29, 0.717) is 17.0 Å². The maximum absolute atomic E-state index is 12.2. The van der Waals surface area contributed by atoms with Crippen molar-refractivity contribution in [3.63, 3.8) is 0 Å². The number of benzene rings is 3. The Morgan fingerprint density at radius 3 is 2.18 bits per heavy atom. The number of alkyl halides is 3. The number of fused-ring (bicyclic) bond motifs is 1. The molecule has 10 heteroatoms. The van der Waals surface area contributed by atoms with Gasteiger partial charge in [0.15, 0.2) is 5.58 Å². The molecule has 3 aromatic carbocycles. The zero-order chi connectivity index (χ0) is 26.7. The van der Waals surface area contributed by atoms with Gasteiger partial charge in [-0.3, -0.25) is 9.69 Å². The van der Waals surface area contributed by atoms with Crippen LogP contribution in [0.3, 0.4) is 0 Å². The molecule has 1 aliphatic rings. The number of amides is 1. The molecule has 1 aromatic heterocycles. The van der Waals surface area contributed by atoms with Crippen molar-refractivity contribution in [2.75, 3.05) is 13.1 Å². The number of halogens is 3. The van der Waals surface area contributed by atoms with E-state index in [-0.39, 0.29) is 5.56 Å². The van der Waals surface area contributed by atoms with Gasteiger partial charge in [0.1, 0.15) is 5.52 Å². The molecule has 0 bridgehead atoms. The highest BCUT2D eigenvalue weighted by Gasteiger charge is 2.42. The van der Waals surface area contributed by atoms with Crippen LogP contribution in [0.5, 0.6) is 0 Å². The quantitative estimate of drug-likeness (QED) is 0.328. The summed E-state index contributed by atoms with van der Waals surface area (Å²) in [6.07, 6.45) is -1.36. The van der Waals surface area contributed by atoms with Gasteiger partial charge in [-0.2, -0.15) is 18.7 Å². The standard InChI is InChI=1S/C28H24F3N3O4/c29-28(30,31)27(36)38-33-25(35)22-12-13-24-23(16-22)32-26(37-24)21-10-8-20(9-11-21)19-6-4-18(5-7-19)17-34-14-2-1-3-15-34/h4-13,16H,1-3,14-15,17H2,(H,33,35). The molecule has 1 amide bonds. The van der Waals surface area contributed by atoms with Gasteiger partial charge in [0.2, 0.25) is 5.89 Å². The van der Waals surface area contributed by atoms with Crippen molar-refractivity contribution >= 4 is 23.0 Å². The Balaban J connectivity index is 1.25. The van der Waals surface area contributed by atoms with Crippen LogP contribution in [0.15, 0.2) is 71.1 Å². The molecule has 4 aromatic rings. The van der Waals surface area contributed by atoms with E-state index >= 15 is 0 Å². The fourth-order valence-electron chi connectivity index (χ4n) is 4.39. The predicted octanol–water partition coefficient (Wildman–Crippen LogP) is 5.90. The van der Waals surface area contributed by atoms with E-state index in [9.17, 15) is 22.8 Å². The second-order valence-corrected chi connectivity index (χ2v) is 9.13. The summed E-state index contributed by atoms with van der Waals surface area (Å²) in [5, 5.41) is 0. The molecule has 0 radical (unpaired) electrons. The number of hydrogen-bond acceptors (Lipinski definition) is 6. The van der Waals surface area contributed by atoms with Crippen LogP contribution in [0.25, 0.3) is 33.7 Å². The highest BCUT2D eigenvalue weighted by atomic mass is 19.4. The third kappa shape index (κ3) is 5.86. The summed E-state index contributed by atoms with van der Waals surface area (Å²) in [5.74, 6) is -3.22. The molecule has 38 heavy (non-hydrogen) atoms. The van der Waals surface area contributed by atoms with Crippen molar-refractivity contribution in [1.29, 1.82) is 0 Å². The lowest BCUT2D eigenvalue weighted by atomic mass is 10.0. The van der Waals surface area contributed by atoms with Crippen LogP contribution in [0, 0.1) is 0 Å². The molecule has 1 fully saturated rings. The smallest absolute Gasteiger partial charge is 0.436 e. The number of aromatic nitrogens is 1. The summed E-state index contributed by atoms with van der Waals surface area (Å²) in [6, 6.07) is 20.4. The summed E-state index contributed by atoms with van der Waals surface area (Å²) in [7, 11) is 0. The largest absolute Gasteiger partial charge is 0.493 e. The number of hydrogen-bond donors (Lipinski definition) is 1. The number of oxazole rings is 1. The van der Waals surface area contributed by atoms with Crippen molar-refractivity contribution in [2.45, 2.75) is 32.0 Å². The molecule has 0 aliphatic carbocycles. The van der Waals surface area contributed by atoms with E-state index in [1.54, 1.807) is 0 Å². The van der Waals surface area contributed by atoms with Gasteiger partial charge in [-0.15, -0.1) is 0 Å². The van der Waals surface area contributed by atoms with E-state index in [4.69, 9.17) is 4.42 Å². The van der Waals surface area contributed by atoms with Crippen molar-refractivity contribution < 1.29 is 32.0 Å². The van der Waals surface area contributed by atoms with Crippen molar-refractivity contribution in [2.24, 2.45) is 0 Å². The summed E-state index contributed by atoms with van der Waals surface area (Å²) < 4.78 is 42.5. The molecule has 1 saturated heterocycles. The van der Waals surface area contributed by atoms with Crippen molar-refractivity contribution in [1.82, 2.24) is 15.4 Å². The molecule has 0 spiro atoms. The SMILES string of the molecule is O=C(NOC(=O)C(F)(F)F)c1ccc2oc(-c3ccc(-c4ccc(CN5CCCCC5)cc4)cc3)nc2c1. The lowest BCUT2D eigenvalue weighted by molar-refractivity contribution is -0.204. The van der Waals surface area contributed by atoms with Crippen LogP contribution in [0.1, 0.15) is 35.2 Å². The second-order valence-electron chi connectivity index (χ2n) is 9.13. The zero-order valence-electron chi connectivity index (χ0n) is 20.3. The van der Waals surface area contributed by atoms with E-state index < -0.39 is 18.1 Å². The van der Waals surface area contributed by atoms with Gasteiger partial charge in [-0.25, -0.2) is 9.78 Å². The topological polar surface area (TPSA) is 84.7 Å². The van der Waals surface area contributed by atoms with Crippen LogP contribution < -0.4 is 5.48 Å². The first-order chi connectivity index (χ1) is 18.3. The minimum absolute atomic E-state index is 0.0496. The Labute approximate surface area is 216 Å². The highest BCUT2D eigenvalue weighted by Crippen LogP contribution is 2.28. The number of carbonyl (C=O) groups excluding carboxylic acids is 2. The van der Waals surface area contributed by atoms with Gasteiger partial charge in [0, 0.05) is 17.7 Å². The zero-order valence-corrected chi connectivity index (χ0v) is 20.3. The Hall–Kier alpha value is -4.18. The van der Waals surface area contributed by atoms with Crippen LogP contribution in [0.2, 0.25) is 0 Å². The normalized spacial score (nSPS) is 14.4. The lowest BCUT2D eigenvalue weighted by Crippen LogP contribution is -2.34. The Kier molecular flexibility index (Phi) is 7.15. The van der Waals surface area contributed by atoms with Crippen LogP contribution in [0.4, 0.5) is 13.2 Å². The van der Waals surface area contributed by atoms with Gasteiger partial charge in [-0.1, -0.05) is 42.8 Å². The number of nitrogens with one attached hydrogen (secondary N) is 1. The Morgan fingerprint density at radius 1 is 0.895 bits per heavy atom. The molecule has 5 rings (SSSR count). The first-order valence-corrected chi connectivity index (χ1v) is 12.2. The van der Waals surface area contributed by atoms with Crippen LogP contribution >= 0.6 is 0 Å².